The van der Waals surface area contributed by atoms with Crippen molar-refractivity contribution in [2.45, 2.75) is 58.3 Å². The first kappa shape index (κ1) is 11.4. The molecule has 1 unspecified atom stereocenters. The zero-order valence-corrected chi connectivity index (χ0v) is 9.05. The molecule has 0 aliphatic heterocycles. The molecule has 2 heteroatoms. The maximum atomic E-state index is 11.4. The Morgan fingerprint density at radius 1 is 1.36 bits per heavy atom. The summed E-state index contributed by atoms with van der Waals surface area (Å²) in [6.45, 7) is 1.90. The van der Waals surface area contributed by atoms with Gasteiger partial charge in [0.15, 0.2) is 0 Å². The molecule has 0 saturated heterocycles. The number of carbonyl (C=O) groups excluding carboxylic acids is 2. The number of rotatable bonds is 3. The molecule has 0 bridgehead atoms. The molecule has 0 N–H and O–H groups in total. The minimum Gasteiger partial charge on any atom is -0.300 e. The van der Waals surface area contributed by atoms with Crippen LogP contribution in [-0.2, 0) is 9.59 Å². The summed E-state index contributed by atoms with van der Waals surface area (Å²) >= 11 is 0. The molecule has 1 rings (SSSR count). The van der Waals surface area contributed by atoms with E-state index in [-0.39, 0.29) is 0 Å². The van der Waals surface area contributed by atoms with Crippen molar-refractivity contribution >= 4 is 11.6 Å². The standard InChI is InChI=1S/C12H20O2/c1-2-11(13)8-10-6-4-3-5-7-12(14)9-10/h10H,2-9H2,1H3. The lowest BCUT2D eigenvalue weighted by Gasteiger charge is -2.17. The van der Waals surface area contributed by atoms with Gasteiger partial charge in [0.1, 0.15) is 11.6 Å². The minimum atomic E-state index is 0.309. The third-order valence-electron chi connectivity index (χ3n) is 3.00. The second-order valence-electron chi connectivity index (χ2n) is 4.30. The van der Waals surface area contributed by atoms with Crippen LogP contribution in [0.15, 0.2) is 0 Å². The van der Waals surface area contributed by atoms with Crippen molar-refractivity contribution in [3.8, 4) is 0 Å². The largest absolute Gasteiger partial charge is 0.300 e. The lowest BCUT2D eigenvalue weighted by Crippen LogP contribution is -2.15. The molecular weight excluding hydrogens is 176 g/mol. The highest BCUT2D eigenvalue weighted by Gasteiger charge is 2.18. The fourth-order valence-electron chi connectivity index (χ4n) is 2.10. The van der Waals surface area contributed by atoms with Gasteiger partial charge in [-0.1, -0.05) is 19.8 Å². The first-order chi connectivity index (χ1) is 6.72. The summed E-state index contributed by atoms with van der Waals surface area (Å²) in [5, 5.41) is 0. The highest BCUT2D eigenvalue weighted by atomic mass is 16.1. The number of hydrogen-bond donors (Lipinski definition) is 0. The van der Waals surface area contributed by atoms with E-state index >= 15 is 0 Å². The van der Waals surface area contributed by atoms with Gasteiger partial charge >= 0.3 is 0 Å². The summed E-state index contributed by atoms with van der Waals surface area (Å²) in [5.41, 5.74) is 0. The van der Waals surface area contributed by atoms with E-state index in [1.807, 2.05) is 6.92 Å². The number of carbonyl (C=O) groups is 2. The van der Waals surface area contributed by atoms with Gasteiger partial charge in [0.05, 0.1) is 0 Å². The number of Topliss-reactive ketones (excluding diaryl/α,β-unsaturated/α-hetero) is 2. The van der Waals surface area contributed by atoms with Crippen molar-refractivity contribution in [2.75, 3.05) is 0 Å². The molecule has 1 saturated carbocycles. The van der Waals surface area contributed by atoms with Crippen LogP contribution in [0, 0.1) is 5.92 Å². The first-order valence-electron chi connectivity index (χ1n) is 5.75. The maximum Gasteiger partial charge on any atom is 0.133 e. The highest BCUT2D eigenvalue weighted by molar-refractivity contribution is 5.81. The van der Waals surface area contributed by atoms with Crippen LogP contribution in [0.5, 0.6) is 0 Å². The molecule has 0 amide bonds. The van der Waals surface area contributed by atoms with Crippen molar-refractivity contribution in [1.82, 2.24) is 0 Å². The van der Waals surface area contributed by atoms with Gasteiger partial charge < -0.3 is 0 Å². The average Bonchev–Trinajstić information content (AvgIpc) is 2.13. The smallest absolute Gasteiger partial charge is 0.133 e. The normalized spacial score (nSPS) is 24.1. The van der Waals surface area contributed by atoms with E-state index in [4.69, 9.17) is 0 Å². The van der Waals surface area contributed by atoms with E-state index in [9.17, 15) is 9.59 Å². The van der Waals surface area contributed by atoms with Gasteiger partial charge in [0.25, 0.3) is 0 Å². The van der Waals surface area contributed by atoms with Crippen molar-refractivity contribution in [3.63, 3.8) is 0 Å². The summed E-state index contributed by atoms with van der Waals surface area (Å²) in [6.07, 6.45) is 7.08. The van der Waals surface area contributed by atoms with E-state index < -0.39 is 0 Å². The van der Waals surface area contributed by atoms with Crippen LogP contribution in [0.1, 0.15) is 58.3 Å². The third kappa shape index (κ3) is 4.03. The van der Waals surface area contributed by atoms with Gasteiger partial charge in [-0.25, -0.2) is 0 Å². The molecule has 0 heterocycles. The summed E-state index contributed by atoms with van der Waals surface area (Å²) in [4.78, 5) is 22.7. The minimum absolute atomic E-state index is 0.309. The Bertz CT molecular complexity index is 206. The summed E-state index contributed by atoms with van der Waals surface area (Å²) in [6, 6.07) is 0. The molecule has 1 fully saturated rings. The Balaban J connectivity index is 2.40. The molecule has 1 atom stereocenters. The van der Waals surface area contributed by atoms with Gasteiger partial charge in [-0.15, -0.1) is 0 Å². The molecule has 1 aliphatic carbocycles. The van der Waals surface area contributed by atoms with Crippen molar-refractivity contribution < 1.29 is 9.59 Å². The van der Waals surface area contributed by atoms with E-state index in [0.717, 1.165) is 25.7 Å². The van der Waals surface area contributed by atoms with E-state index in [2.05, 4.69) is 0 Å². The van der Waals surface area contributed by atoms with Gasteiger partial charge in [0.2, 0.25) is 0 Å². The van der Waals surface area contributed by atoms with E-state index in [1.165, 1.54) is 6.42 Å². The number of hydrogen-bond acceptors (Lipinski definition) is 2. The van der Waals surface area contributed by atoms with Crippen LogP contribution in [0.4, 0.5) is 0 Å². The molecule has 0 radical (unpaired) electrons. The SMILES string of the molecule is CCC(=O)CC1CCCCCC(=O)C1. The van der Waals surface area contributed by atoms with Gasteiger partial charge in [0, 0.05) is 25.7 Å². The quantitative estimate of drug-likeness (QED) is 0.695. The molecule has 0 spiro atoms. The summed E-state index contributed by atoms with van der Waals surface area (Å²) < 4.78 is 0. The van der Waals surface area contributed by atoms with Gasteiger partial charge in [-0.3, -0.25) is 9.59 Å². The second kappa shape index (κ2) is 5.94. The molecule has 1 aliphatic rings. The molecule has 2 nitrogen and oxygen atoms in total. The third-order valence-corrected chi connectivity index (χ3v) is 3.00. The monoisotopic (exact) mass is 196 g/mol. The second-order valence-corrected chi connectivity index (χ2v) is 4.30. The lowest BCUT2D eigenvalue weighted by molar-refractivity contribution is -0.122. The Kier molecular flexibility index (Phi) is 4.85. The maximum absolute atomic E-state index is 11.4. The zero-order chi connectivity index (χ0) is 10.4. The fraction of sp³-hybridized carbons (Fsp3) is 0.833. The molecular formula is C12H20O2. The molecule has 0 aromatic carbocycles. The van der Waals surface area contributed by atoms with Crippen LogP contribution in [0.3, 0.4) is 0 Å². The van der Waals surface area contributed by atoms with Crippen LogP contribution in [0.2, 0.25) is 0 Å². The van der Waals surface area contributed by atoms with Crippen molar-refractivity contribution in [3.05, 3.63) is 0 Å². The van der Waals surface area contributed by atoms with Crippen LogP contribution < -0.4 is 0 Å². The highest BCUT2D eigenvalue weighted by Crippen LogP contribution is 2.23. The van der Waals surface area contributed by atoms with E-state index in [0.29, 0.717) is 36.7 Å². The molecule has 80 valence electrons. The Morgan fingerprint density at radius 3 is 2.86 bits per heavy atom. The Hall–Kier alpha value is -0.660. The molecule has 14 heavy (non-hydrogen) atoms. The average molecular weight is 196 g/mol. The Morgan fingerprint density at radius 2 is 2.14 bits per heavy atom. The van der Waals surface area contributed by atoms with Crippen LogP contribution in [-0.4, -0.2) is 11.6 Å². The lowest BCUT2D eigenvalue weighted by atomic mass is 9.87. The predicted molar refractivity (Wildman–Crippen MR) is 56.1 cm³/mol. The fourth-order valence-corrected chi connectivity index (χ4v) is 2.10. The van der Waals surface area contributed by atoms with Crippen LogP contribution in [0.25, 0.3) is 0 Å². The predicted octanol–water partition coefficient (Wildman–Crippen LogP) is 2.90. The summed E-state index contributed by atoms with van der Waals surface area (Å²) in [5.74, 6) is 1.01. The topological polar surface area (TPSA) is 34.1 Å². The van der Waals surface area contributed by atoms with E-state index in [1.54, 1.807) is 0 Å². The van der Waals surface area contributed by atoms with Crippen LogP contribution >= 0.6 is 0 Å². The van der Waals surface area contributed by atoms with Crippen molar-refractivity contribution in [2.24, 2.45) is 5.92 Å². The molecule has 0 aromatic heterocycles. The molecule has 0 aromatic rings. The van der Waals surface area contributed by atoms with Gasteiger partial charge in [-0.2, -0.15) is 0 Å². The summed E-state index contributed by atoms with van der Waals surface area (Å²) in [7, 11) is 0. The number of ketones is 2. The zero-order valence-electron chi connectivity index (χ0n) is 9.05. The van der Waals surface area contributed by atoms with Gasteiger partial charge in [-0.05, 0) is 18.8 Å². The first-order valence-corrected chi connectivity index (χ1v) is 5.75. The van der Waals surface area contributed by atoms with Crippen molar-refractivity contribution in [1.29, 1.82) is 0 Å². The Labute approximate surface area is 86.1 Å².